The maximum absolute atomic E-state index is 12.8. The summed E-state index contributed by atoms with van der Waals surface area (Å²) in [5, 5.41) is 11.2. The molecule has 4 rings (SSSR count). The lowest BCUT2D eigenvalue weighted by Gasteiger charge is -2.24. The Kier molecular flexibility index (Phi) is 5.18. The van der Waals surface area contributed by atoms with Crippen molar-refractivity contribution in [2.75, 3.05) is 18.0 Å². The zero-order valence-corrected chi connectivity index (χ0v) is 15.1. The highest BCUT2D eigenvalue weighted by molar-refractivity contribution is 5.84. The van der Waals surface area contributed by atoms with Crippen molar-refractivity contribution >= 4 is 11.9 Å². The largest absolute Gasteiger partial charge is 0.406 e. The number of fused-ring (bicyclic) bond motifs is 1. The van der Waals surface area contributed by atoms with Gasteiger partial charge in [0.25, 0.3) is 0 Å². The van der Waals surface area contributed by atoms with E-state index in [0.29, 0.717) is 18.5 Å². The summed E-state index contributed by atoms with van der Waals surface area (Å²) in [7, 11) is 0. The molecule has 1 aromatic heterocycles. The molecule has 0 saturated carbocycles. The second-order valence-corrected chi connectivity index (χ2v) is 7.24. The Morgan fingerprint density at radius 2 is 1.96 bits per heavy atom. The van der Waals surface area contributed by atoms with Gasteiger partial charge in [-0.3, -0.25) is 4.79 Å². The first-order chi connectivity index (χ1) is 12.8. The van der Waals surface area contributed by atoms with Gasteiger partial charge in [0.05, 0.1) is 12.5 Å². The van der Waals surface area contributed by atoms with Crippen LogP contribution in [0.1, 0.15) is 61.5 Å². The third-order valence-corrected chi connectivity index (χ3v) is 5.43. The van der Waals surface area contributed by atoms with Gasteiger partial charge in [-0.05, 0) is 49.7 Å². The van der Waals surface area contributed by atoms with Gasteiger partial charge in [0.15, 0.2) is 0 Å². The number of piperidine rings is 1. The normalized spacial score (nSPS) is 20.3. The van der Waals surface area contributed by atoms with Gasteiger partial charge in [0, 0.05) is 13.1 Å². The van der Waals surface area contributed by atoms with Crippen molar-refractivity contribution in [3.63, 3.8) is 0 Å². The predicted octanol–water partition coefficient (Wildman–Crippen LogP) is 3.19. The van der Waals surface area contributed by atoms with Gasteiger partial charge in [-0.1, -0.05) is 35.8 Å². The van der Waals surface area contributed by atoms with Crippen LogP contribution < -0.4 is 10.2 Å². The molecule has 1 fully saturated rings. The van der Waals surface area contributed by atoms with E-state index in [-0.39, 0.29) is 11.8 Å². The van der Waals surface area contributed by atoms with Crippen molar-refractivity contribution < 1.29 is 9.21 Å². The Morgan fingerprint density at radius 1 is 1.12 bits per heavy atom. The van der Waals surface area contributed by atoms with E-state index in [1.807, 2.05) is 6.07 Å². The van der Waals surface area contributed by atoms with E-state index in [1.54, 1.807) is 0 Å². The standard InChI is InChI=1S/C20H26N4O2/c25-19(17-11-5-3-9-15-8-2-4-10-16(15)17)21-14-18-22-23-20(26-18)24-12-6-1-7-13-24/h2,4,8,10,17H,1,3,5-7,9,11-14H2,(H,21,25). The number of hydrogen-bond donors (Lipinski definition) is 1. The van der Waals surface area contributed by atoms with Crippen molar-refractivity contribution in [3.05, 3.63) is 41.3 Å². The first-order valence-corrected chi connectivity index (χ1v) is 9.74. The summed E-state index contributed by atoms with van der Waals surface area (Å²) in [5.74, 6) is 0.441. The van der Waals surface area contributed by atoms with Crippen LogP contribution in [0.4, 0.5) is 6.01 Å². The lowest BCUT2D eigenvalue weighted by molar-refractivity contribution is -0.123. The van der Waals surface area contributed by atoms with Crippen molar-refractivity contribution in [1.29, 1.82) is 0 Å². The van der Waals surface area contributed by atoms with E-state index in [9.17, 15) is 4.79 Å². The van der Waals surface area contributed by atoms with E-state index in [4.69, 9.17) is 4.42 Å². The molecule has 1 amide bonds. The number of nitrogens with one attached hydrogen (secondary N) is 1. The van der Waals surface area contributed by atoms with Crippen LogP contribution in [0.2, 0.25) is 0 Å². The van der Waals surface area contributed by atoms with Crippen LogP contribution in [0.15, 0.2) is 28.7 Å². The number of benzene rings is 1. The summed E-state index contributed by atoms with van der Waals surface area (Å²) in [6, 6.07) is 8.89. The minimum atomic E-state index is -0.0850. The third-order valence-electron chi connectivity index (χ3n) is 5.43. The van der Waals surface area contributed by atoms with Gasteiger partial charge in [0.1, 0.15) is 0 Å². The summed E-state index contributed by atoms with van der Waals surface area (Å²) in [4.78, 5) is 14.9. The Hall–Kier alpha value is -2.37. The van der Waals surface area contributed by atoms with E-state index in [2.05, 4.69) is 38.6 Å². The molecule has 26 heavy (non-hydrogen) atoms. The number of amides is 1. The monoisotopic (exact) mass is 354 g/mol. The molecule has 6 heteroatoms. The van der Waals surface area contributed by atoms with Gasteiger partial charge in [0.2, 0.25) is 11.8 Å². The average molecular weight is 354 g/mol. The molecule has 1 N–H and O–H groups in total. The number of aromatic nitrogens is 2. The second kappa shape index (κ2) is 7.89. The van der Waals surface area contributed by atoms with Crippen LogP contribution in [-0.2, 0) is 17.8 Å². The minimum absolute atomic E-state index is 0.0528. The van der Waals surface area contributed by atoms with Crippen LogP contribution in [0.3, 0.4) is 0 Å². The number of carbonyl (C=O) groups excluding carboxylic acids is 1. The smallest absolute Gasteiger partial charge is 0.318 e. The molecule has 2 aliphatic rings. The van der Waals surface area contributed by atoms with Gasteiger partial charge in [-0.2, -0.15) is 0 Å². The second-order valence-electron chi connectivity index (χ2n) is 7.24. The Labute approximate surface area is 154 Å². The molecule has 1 atom stereocenters. The van der Waals surface area contributed by atoms with Crippen molar-refractivity contribution in [2.24, 2.45) is 0 Å². The molecular weight excluding hydrogens is 328 g/mol. The third kappa shape index (κ3) is 3.74. The summed E-state index contributed by atoms with van der Waals surface area (Å²) < 4.78 is 5.74. The fourth-order valence-corrected chi connectivity index (χ4v) is 4.01. The fraction of sp³-hybridized carbons (Fsp3) is 0.550. The van der Waals surface area contributed by atoms with E-state index in [0.717, 1.165) is 51.6 Å². The molecular formula is C20H26N4O2. The van der Waals surface area contributed by atoms with Crippen molar-refractivity contribution in [2.45, 2.75) is 57.4 Å². The molecule has 2 heterocycles. The quantitative estimate of drug-likeness (QED) is 0.854. The van der Waals surface area contributed by atoms with Crippen LogP contribution >= 0.6 is 0 Å². The molecule has 1 aliphatic heterocycles. The summed E-state index contributed by atoms with van der Waals surface area (Å²) in [5.41, 5.74) is 2.47. The van der Waals surface area contributed by atoms with Gasteiger partial charge >= 0.3 is 6.01 Å². The highest BCUT2D eigenvalue weighted by Gasteiger charge is 2.25. The summed E-state index contributed by atoms with van der Waals surface area (Å²) in [6.45, 7) is 2.22. The summed E-state index contributed by atoms with van der Waals surface area (Å²) >= 11 is 0. The van der Waals surface area contributed by atoms with Crippen molar-refractivity contribution in [1.82, 2.24) is 15.5 Å². The number of aryl methyl sites for hydroxylation is 1. The van der Waals surface area contributed by atoms with Gasteiger partial charge in [-0.25, -0.2) is 0 Å². The molecule has 0 spiro atoms. The molecule has 1 aromatic carbocycles. The molecule has 138 valence electrons. The molecule has 2 aromatic rings. The lowest BCUT2D eigenvalue weighted by Crippen LogP contribution is -2.30. The zero-order valence-electron chi connectivity index (χ0n) is 15.1. The highest BCUT2D eigenvalue weighted by Crippen LogP contribution is 2.30. The topological polar surface area (TPSA) is 71.3 Å². The van der Waals surface area contributed by atoms with E-state index in [1.165, 1.54) is 17.5 Å². The van der Waals surface area contributed by atoms with Crippen LogP contribution in [0.5, 0.6) is 0 Å². The first kappa shape index (κ1) is 17.1. The Morgan fingerprint density at radius 3 is 2.85 bits per heavy atom. The number of anilines is 1. The summed E-state index contributed by atoms with van der Waals surface area (Å²) in [6.07, 6.45) is 7.76. The SMILES string of the molecule is O=C(NCc1nnc(N2CCCCC2)o1)C1CCCCc2ccccc21. The Balaban J connectivity index is 1.39. The molecule has 6 nitrogen and oxygen atoms in total. The maximum atomic E-state index is 12.8. The average Bonchev–Trinajstić information content (AvgIpc) is 3.06. The predicted molar refractivity (Wildman–Crippen MR) is 98.9 cm³/mol. The van der Waals surface area contributed by atoms with Crippen LogP contribution in [0, 0.1) is 0 Å². The number of nitrogens with zero attached hydrogens (tertiary/aromatic N) is 3. The molecule has 1 saturated heterocycles. The van der Waals surface area contributed by atoms with Crippen LogP contribution in [-0.4, -0.2) is 29.2 Å². The molecule has 0 bridgehead atoms. The van der Waals surface area contributed by atoms with E-state index < -0.39 is 0 Å². The maximum Gasteiger partial charge on any atom is 0.318 e. The van der Waals surface area contributed by atoms with Gasteiger partial charge in [-0.15, -0.1) is 5.10 Å². The first-order valence-electron chi connectivity index (χ1n) is 9.74. The molecule has 1 unspecified atom stereocenters. The number of hydrogen-bond acceptors (Lipinski definition) is 5. The molecule has 1 aliphatic carbocycles. The van der Waals surface area contributed by atoms with E-state index >= 15 is 0 Å². The van der Waals surface area contributed by atoms with Crippen LogP contribution in [0.25, 0.3) is 0 Å². The minimum Gasteiger partial charge on any atom is -0.406 e. The highest BCUT2D eigenvalue weighted by atomic mass is 16.4. The fourth-order valence-electron chi connectivity index (χ4n) is 4.01. The Bertz CT molecular complexity index is 752. The molecule has 0 radical (unpaired) electrons. The number of rotatable bonds is 4. The lowest BCUT2D eigenvalue weighted by atomic mass is 9.92. The van der Waals surface area contributed by atoms with Crippen molar-refractivity contribution in [3.8, 4) is 0 Å². The van der Waals surface area contributed by atoms with Gasteiger partial charge < -0.3 is 14.6 Å². The zero-order chi connectivity index (χ0) is 17.8. The number of carbonyl (C=O) groups is 1.